The Morgan fingerprint density at radius 3 is 1.91 bits per heavy atom. The van der Waals surface area contributed by atoms with Gasteiger partial charge in [-0.1, -0.05) is 98.5 Å². The van der Waals surface area contributed by atoms with E-state index in [1.165, 1.54) is 62.0 Å². The summed E-state index contributed by atoms with van der Waals surface area (Å²) >= 11 is 0. The molecule has 2 atom stereocenters. The standard InChI is InChI=1S/C32H43O2P/c1-32(2,21-20-31-33-22-13-23-34-31)29-24-30(28-19-12-4-3-11-18-27(28)29)35(25-14-7-5-8-15-25)26-16-9-6-10-17-26/h5-10,14-17,29-31H,3-4,11-13,18-24H2,1-2H3. The molecule has 0 radical (unpaired) electrons. The lowest BCUT2D eigenvalue weighted by Crippen LogP contribution is -2.30. The molecule has 1 saturated heterocycles. The van der Waals surface area contributed by atoms with Crippen LogP contribution in [0.2, 0.25) is 0 Å². The van der Waals surface area contributed by atoms with Gasteiger partial charge in [-0.3, -0.25) is 0 Å². The number of hydrogen-bond acceptors (Lipinski definition) is 2. The van der Waals surface area contributed by atoms with Crippen molar-refractivity contribution in [3.8, 4) is 0 Å². The topological polar surface area (TPSA) is 18.5 Å². The lowest BCUT2D eigenvalue weighted by Gasteiger charge is -2.36. The van der Waals surface area contributed by atoms with Gasteiger partial charge in [-0.05, 0) is 81.2 Å². The van der Waals surface area contributed by atoms with E-state index in [1.807, 2.05) is 11.1 Å². The number of allylic oxidation sites excluding steroid dienone is 2. The van der Waals surface area contributed by atoms with Gasteiger partial charge in [-0.15, -0.1) is 0 Å². The molecule has 0 spiro atoms. The Bertz CT molecular complexity index is 922. The molecule has 0 saturated carbocycles. The van der Waals surface area contributed by atoms with E-state index in [9.17, 15) is 0 Å². The second kappa shape index (κ2) is 11.7. The molecule has 2 nitrogen and oxygen atoms in total. The highest BCUT2D eigenvalue weighted by atomic mass is 31.1. The van der Waals surface area contributed by atoms with Crippen LogP contribution in [0, 0.1) is 11.3 Å². The molecule has 1 heterocycles. The van der Waals surface area contributed by atoms with Crippen LogP contribution in [0.5, 0.6) is 0 Å². The molecule has 188 valence electrons. The van der Waals surface area contributed by atoms with E-state index in [0.29, 0.717) is 11.6 Å². The minimum absolute atomic E-state index is 0.00299. The summed E-state index contributed by atoms with van der Waals surface area (Å²) in [5.41, 5.74) is 4.60. The molecule has 2 unspecified atom stereocenters. The van der Waals surface area contributed by atoms with Gasteiger partial charge in [0.05, 0.1) is 13.2 Å². The predicted molar refractivity (Wildman–Crippen MR) is 149 cm³/mol. The number of ether oxygens (including phenoxy) is 2. The largest absolute Gasteiger partial charge is 0.353 e. The van der Waals surface area contributed by atoms with E-state index in [4.69, 9.17) is 9.47 Å². The SMILES string of the molecule is CC(C)(CCC1OCCCO1)C1CC(P(c2ccccc2)c2ccccc2)C2=C1CCCCCC2. The highest BCUT2D eigenvalue weighted by molar-refractivity contribution is 7.73. The second-order valence-electron chi connectivity index (χ2n) is 11.4. The lowest BCUT2D eigenvalue weighted by atomic mass is 9.71. The molecular formula is C32H43O2P. The Hall–Kier alpha value is -1.47. The molecule has 2 aromatic carbocycles. The van der Waals surface area contributed by atoms with Gasteiger partial charge in [-0.2, -0.15) is 0 Å². The van der Waals surface area contributed by atoms with E-state index in [1.54, 1.807) is 0 Å². The number of hydrogen-bond donors (Lipinski definition) is 0. The summed E-state index contributed by atoms with van der Waals surface area (Å²) < 4.78 is 11.8. The Kier molecular flexibility index (Phi) is 8.44. The third-order valence-corrected chi connectivity index (χ3v) is 11.4. The number of benzene rings is 2. The molecule has 0 N–H and O–H groups in total. The zero-order valence-corrected chi connectivity index (χ0v) is 22.6. The minimum atomic E-state index is -0.419. The smallest absolute Gasteiger partial charge is 0.157 e. The monoisotopic (exact) mass is 490 g/mol. The van der Waals surface area contributed by atoms with Crippen LogP contribution < -0.4 is 10.6 Å². The van der Waals surface area contributed by atoms with Gasteiger partial charge in [-0.25, -0.2) is 0 Å². The molecule has 0 amide bonds. The molecule has 35 heavy (non-hydrogen) atoms. The van der Waals surface area contributed by atoms with Crippen LogP contribution in [0.15, 0.2) is 71.8 Å². The summed E-state index contributed by atoms with van der Waals surface area (Å²) in [5, 5.41) is 3.07. The Morgan fingerprint density at radius 1 is 0.743 bits per heavy atom. The van der Waals surface area contributed by atoms with Gasteiger partial charge in [0.2, 0.25) is 0 Å². The number of rotatable bonds is 7. The fourth-order valence-electron chi connectivity index (χ4n) is 6.70. The second-order valence-corrected chi connectivity index (χ2v) is 13.8. The molecule has 2 aromatic rings. The third-order valence-electron chi connectivity index (χ3n) is 8.58. The molecule has 3 heteroatoms. The molecule has 3 aliphatic rings. The Morgan fingerprint density at radius 2 is 1.31 bits per heavy atom. The average Bonchev–Trinajstić information content (AvgIpc) is 3.22. The van der Waals surface area contributed by atoms with Crippen molar-refractivity contribution in [3.05, 3.63) is 71.8 Å². The summed E-state index contributed by atoms with van der Waals surface area (Å²) in [6, 6.07) is 22.8. The summed E-state index contributed by atoms with van der Waals surface area (Å²) in [6.07, 6.45) is 12.6. The molecule has 5 rings (SSSR count). The maximum atomic E-state index is 5.92. The maximum Gasteiger partial charge on any atom is 0.157 e. The van der Waals surface area contributed by atoms with Crippen molar-refractivity contribution in [2.24, 2.45) is 11.3 Å². The summed E-state index contributed by atoms with van der Waals surface area (Å²) in [5.74, 6) is 0.668. The molecule has 0 aromatic heterocycles. The average molecular weight is 491 g/mol. The van der Waals surface area contributed by atoms with Crippen molar-refractivity contribution in [1.82, 2.24) is 0 Å². The fraction of sp³-hybridized carbons (Fsp3) is 0.562. The summed E-state index contributed by atoms with van der Waals surface area (Å²) in [7, 11) is -0.419. The van der Waals surface area contributed by atoms with Gasteiger partial charge in [0.25, 0.3) is 0 Å². The Balaban J connectivity index is 1.47. The van der Waals surface area contributed by atoms with E-state index in [0.717, 1.165) is 26.1 Å². The van der Waals surface area contributed by atoms with Crippen molar-refractivity contribution < 1.29 is 9.47 Å². The van der Waals surface area contributed by atoms with Crippen LogP contribution in [0.3, 0.4) is 0 Å². The minimum Gasteiger partial charge on any atom is -0.353 e. The van der Waals surface area contributed by atoms with Gasteiger partial charge in [0.1, 0.15) is 0 Å². The van der Waals surface area contributed by atoms with Crippen LogP contribution in [0.4, 0.5) is 0 Å². The third kappa shape index (κ3) is 5.93. The first-order chi connectivity index (χ1) is 17.1. The van der Waals surface area contributed by atoms with Crippen molar-refractivity contribution in [1.29, 1.82) is 0 Å². The van der Waals surface area contributed by atoms with Gasteiger partial charge in [0.15, 0.2) is 6.29 Å². The van der Waals surface area contributed by atoms with Crippen LogP contribution in [0.25, 0.3) is 0 Å². The van der Waals surface area contributed by atoms with Crippen LogP contribution in [-0.4, -0.2) is 25.2 Å². The lowest BCUT2D eigenvalue weighted by molar-refractivity contribution is -0.184. The molecule has 0 bridgehead atoms. The van der Waals surface area contributed by atoms with Crippen LogP contribution in [0.1, 0.15) is 78.1 Å². The molecule has 2 aliphatic carbocycles. The van der Waals surface area contributed by atoms with Crippen LogP contribution >= 0.6 is 7.92 Å². The van der Waals surface area contributed by atoms with E-state index in [-0.39, 0.29) is 11.7 Å². The highest BCUT2D eigenvalue weighted by Crippen LogP contribution is 2.58. The molecule has 1 fully saturated rings. The van der Waals surface area contributed by atoms with Crippen molar-refractivity contribution in [2.75, 3.05) is 13.2 Å². The first-order valence-electron chi connectivity index (χ1n) is 14.0. The highest BCUT2D eigenvalue weighted by Gasteiger charge is 2.44. The van der Waals surface area contributed by atoms with Crippen LogP contribution in [-0.2, 0) is 9.47 Å². The zero-order chi connectivity index (χ0) is 24.1. The van der Waals surface area contributed by atoms with Gasteiger partial charge < -0.3 is 9.47 Å². The Labute approximate surface area is 214 Å². The zero-order valence-electron chi connectivity index (χ0n) is 21.8. The van der Waals surface area contributed by atoms with Gasteiger partial charge >= 0.3 is 0 Å². The van der Waals surface area contributed by atoms with Crippen molar-refractivity contribution >= 4 is 18.5 Å². The fourth-order valence-corrected chi connectivity index (χ4v) is 9.73. The van der Waals surface area contributed by atoms with E-state index >= 15 is 0 Å². The quantitative estimate of drug-likeness (QED) is 0.292. The maximum absolute atomic E-state index is 5.92. The predicted octanol–water partition coefficient (Wildman–Crippen LogP) is 7.73. The van der Waals surface area contributed by atoms with Crippen molar-refractivity contribution in [2.45, 2.75) is 90.0 Å². The van der Waals surface area contributed by atoms with Gasteiger partial charge in [0, 0.05) is 5.66 Å². The van der Waals surface area contributed by atoms with E-state index < -0.39 is 7.92 Å². The first kappa shape index (κ1) is 25.2. The van der Waals surface area contributed by atoms with E-state index in [2.05, 4.69) is 74.5 Å². The summed E-state index contributed by atoms with van der Waals surface area (Å²) in [6.45, 7) is 6.76. The molecular weight excluding hydrogens is 447 g/mol. The normalized spacial score (nSPS) is 24.3. The molecule has 1 aliphatic heterocycles. The summed E-state index contributed by atoms with van der Waals surface area (Å²) in [4.78, 5) is 0. The van der Waals surface area contributed by atoms with Crippen molar-refractivity contribution in [3.63, 3.8) is 0 Å². The first-order valence-corrected chi connectivity index (χ1v) is 15.4.